The van der Waals surface area contributed by atoms with Crippen LogP contribution in [0.4, 0.5) is 4.39 Å². The number of amides is 1. The molecule has 6 nitrogen and oxygen atoms in total. The number of carbonyl (C=O) groups is 1. The van der Waals surface area contributed by atoms with Crippen LogP contribution in [0.5, 0.6) is 5.75 Å². The third kappa shape index (κ3) is 4.65. The Labute approximate surface area is 177 Å². The lowest BCUT2D eigenvalue weighted by Crippen LogP contribution is -2.45. The summed E-state index contributed by atoms with van der Waals surface area (Å²) in [6.45, 7) is 2.40. The van der Waals surface area contributed by atoms with E-state index in [0.717, 1.165) is 5.56 Å². The predicted molar refractivity (Wildman–Crippen MR) is 112 cm³/mol. The molecule has 0 aliphatic carbocycles. The normalized spacial score (nSPS) is 17.5. The van der Waals surface area contributed by atoms with Gasteiger partial charge in [-0.1, -0.05) is 24.3 Å². The van der Waals surface area contributed by atoms with E-state index in [-0.39, 0.29) is 35.5 Å². The standard InChI is InChI=1S/C22H27FN2O4S/c1-16-10-11-20(29-3)21(13-16)30(27,28)25-12-6-8-18(15-25)22(26)24(2)14-17-7-4-5-9-19(17)23/h4-5,7,9-11,13,18H,6,8,12,14-15H2,1-3H3/t18-/m1/s1. The monoisotopic (exact) mass is 434 g/mol. The van der Waals surface area contributed by atoms with Gasteiger partial charge in [-0.15, -0.1) is 0 Å². The number of piperidine rings is 1. The Bertz CT molecular complexity index is 1030. The number of methoxy groups -OCH3 is 1. The fourth-order valence-corrected chi connectivity index (χ4v) is 5.52. The van der Waals surface area contributed by atoms with Gasteiger partial charge in [-0.05, 0) is 43.5 Å². The highest BCUT2D eigenvalue weighted by Gasteiger charge is 2.35. The summed E-state index contributed by atoms with van der Waals surface area (Å²) in [7, 11) is -0.756. The van der Waals surface area contributed by atoms with Gasteiger partial charge in [-0.25, -0.2) is 12.8 Å². The van der Waals surface area contributed by atoms with Gasteiger partial charge < -0.3 is 9.64 Å². The van der Waals surface area contributed by atoms with Crippen molar-refractivity contribution in [3.05, 3.63) is 59.4 Å². The van der Waals surface area contributed by atoms with Gasteiger partial charge in [-0.3, -0.25) is 4.79 Å². The van der Waals surface area contributed by atoms with E-state index in [1.807, 2.05) is 6.92 Å². The Balaban J connectivity index is 1.77. The van der Waals surface area contributed by atoms with Crippen LogP contribution in [0.3, 0.4) is 0 Å². The molecular weight excluding hydrogens is 407 g/mol. The highest BCUT2D eigenvalue weighted by atomic mass is 32.2. The first-order valence-electron chi connectivity index (χ1n) is 9.87. The van der Waals surface area contributed by atoms with Crippen molar-refractivity contribution in [1.29, 1.82) is 0 Å². The predicted octanol–water partition coefficient (Wildman–Crippen LogP) is 3.20. The molecule has 1 aliphatic rings. The van der Waals surface area contributed by atoms with Gasteiger partial charge in [0.2, 0.25) is 15.9 Å². The molecule has 8 heteroatoms. The van der Waals surface area contributed by atoms with Crippen LogP contribution in [0, 0.1) is 18.7 Å². The number of sulfonamides is 1. The number of rotatable bonds is 6. The molecule has 0 N–H and O–H groups in total. The summed E-state index contributed by atoms with van der Waals surface area (Å²) in [5, 5.41) is 0. The Morgan fingerprint density at radius 3 is 2.70 bits per heavy atom. The minimum Gasteiger partial charge on any atom is -0.495 e. The highest BCUT2D eigenvalue weighted by molar-refractivity contribution is 7.89. The molecule has 1 heterocycles. The quantitative estimate of drug-likeness (QED) is 0.700. The SMILES string of the molecule is COc1ccc(C)cc1S(=O)(=O)N1CCC[C@@H](C(=O)N(C)Cc2ccccc2F)C1. The second kappa shape index (κ2) is 9.14. The van der Waals surface area contributed by atoms with Gasteiger partial charge in [0.05, 0.1) is 13.0 Å². The molecule has 1 fully saturated rings. The van der Waals surface area contributed by atoms with Crippen molar-refractivity contribution >= 4 is 15.9 Å². The summed E-state index contributed by atoms with van der Waals surface area (Å²) in [5.74, 6) is -0.738. The molecule has 0 radical (unpaired) electrons. The maximum absolute atomic E-state index is 13.9. The number of hydrogen-bond donors (Lipinski definition) is 0. The van der Waals surface area contributed by atoms with E-state index in [2.05, 4.69) is 0 Å². The zero-order valence-corrected chi connectivity index (χ0v) is 18.3. The lowest BCUT2D eigenvalue weighted by molar-refractivity contribution is -0.135. The summed E-state index contributed by atoms with van der Waals surface area (Å²) in [6, 6.07) is 11.3. The van der Waals surface area contributed by atoms with E-state index < -0.39 is 15.9 Å². The Hall–Kier alpha value is -2.45. The number of halogens is 1. The van der Waals surface area contributed by atoms with Gasteiger partial charge in [0.25, 0.3) is 0 Å². The first-order valence-corrected chi connectivity index (χ1v) is 11.3. The van der Waals surface area contributed by atoms with Gasteiger partial charge in [-0.2, -0.15) is 4.31 Å². The minimum absolute atomic E-state index is 0.0971. The zero-order valence-electron chi connectivity index (χ0n) is 17.5. The Morgan fingerprint density at radius 2 is 2.00 bits per heavy atom. The van der Waals surface area contributed by atoms with Crippen LogP contribution in [0.15, 0.2) is 47.4 Å². The number of benzene rings is 2. The number of carbonyl (C=O) groups excluding carboxylic acids is 1. The van der Waals surface area contributed by atoms with Crippen molar-refractivity contribution in [2.75, 3.05) is 27.2 Å². The van der Waals surface area contributed by atoms with E-state index in [9.17, 15) is 17.6 Å². The van der Waals surface area contributed by atoms with Crippen LogP contribution in [0.2, 0.25) is 0 Å². The lowest BCUT2D eigenvalue weighted by Gasteiger charge is -2.33. The van der Waals surface area contributed by atoms with Crippen molar-refractivity contribution in [3.63, 3.8) is 0 Å². The number of aryl methyl sites for hydroxylation is 1. The van der Waals surface area contributed by atoms with Gasteiger partial charge >= 0.3 is 0 Å². The van der Waals surface area contributed by atoms with E-state index in [4.69, 9.17) is 4.74 Å². The fraction of sp³-hybridized carbons (Fsp3) is 0.409. The van der Waals surface area contributed by atoms with Crippen LogP contribution in [-0.2, 0) is 21.4 Å². The van der Waals surface area contributed by atoms with Crippen molar-refractivity contribution in [2.24, 2.45) is 5.92 Å². The molecule has 1 atom stereocenters. The average Bonchev–Trinajstić information content (AvgIpc) is 2.74. The summed E-state index contributed by atoms with van der Waals surface area (Å²) in [6.07, 6.45) is 1.18. The van der Waals surface area contributed by atoms with Crippen LogP contribution < -0.4 is 4.74 Å². The molecule has 1 amide bonds. The van der Waals surface area contributed by atoms with Gasteiger partial charge in [0, 0.05) is 32.2 Å². The second-order valence-electron chi connectivity index (χ2n) is 7.64. The molecular formula is C22H27FN2O4S. The molecule has 0 spiro atoms. The van der Waals surface area contributed by atoms with E-state index in [1.165, 1.54) is 22.4 Å². The zero-order chi connectivity index (χ0) is 21.9. The van der Waals surface area contributed by atoms with Crippen molar-refractivity contribution in [2.45, 2.75) is 31.2 Å². The average molecular weight is 435 g/mol. The number of nitrogens with zero attached hydrogens (tertiary/aromatic N) is 2. The van der Waals surface area contributed by atoms with Crippen LogP contribution in [0.1, 0.15) is 24.0 Å². The molecule has 0 unspecified atom stereocenters. The maximum atomic E-state index is 13.9. The van der Waals surface area contributed by atoms with Crippen molar-refractivity contribution in [1.82, 2.24) is 9.21 Å². The molecule has 3 rings (SSSR count). The third-order valence-electron chi connectivity index (χ3n) is 5.41. The van der Waals surface area contributed by atoms with E-state index >= 15 is 0 Å². The topological polar surface area (TPSA) is 66.9 Å². The second-order valence-corrected chi connectivity index (χ2v) is 9.55. The van der Waals surface area contributed by atoms with E-state index in [1.54, 1.807) is 43.4 Å². The first-order chi connectivity index (χ1) is 14.2. The number of ether oxygens (including phenoxy) is 1. The first kappa shape index (κ1) is 22.2. The minimum atomic E-state index is -3.81. The number of hydrogen-bond acceptors (Lipinski definition) is 4. The Morgan fingerprint density at radius 1 is 1.27 bits per heavy atom. The van der Waals surface area contributed by atoms with Crippen molar-refractivity contribution in [3.8, 4) is 5.75 Å². The summed E-state index contributed by atoms with van der Waals surface area (Å²) < 4.78 is 47.1. The fourth-order valence-electron chi connectivity index (χ4n) is 3.76. The smallest absolute Gasteiger partial charge is 0.246 e. The lowest BCUT2D eigenvalue weighted by atomic mass is 9.98. The maximum Gasteiger partial charge on any atom is 0.246 e. The molecule has 0 bridgehead atoms. The Kier molecular flexibility index (Phi) is 6.77. The third-order valence-corrected chi connectivity index (χ3v) is 7.30. The molecule has 1 saturated heterocycles. The van der Waals surface area contributed by atoms with Gasteiger partial charge in [0.1, 0.15) is 16.5 Å². The highest BCUT2D eigenvalue weighted by Crippen LogP contribution is 2.31. The molecule has 2 aromatic carbocycles. The molecule has 30 heavy (non-hydrogen) atoms. The van der Waals surface area contributed by atoms with Gasteiger partial charge in [0.15, 0.2) is 0 Å². The molecule has 1 aliphatic heterocycles. The molecule has 2 aromatic rings. The molecule has 0 saturated carbocycles. The van der Waals surface area contributed by atoms with Crippen LogP contribution in [-0.4, -0.2) is 50.8 Å². The molecule has 162 valence electrons. The van der Waals surface area contributed by atoms with Crippen molar-refractivity contribution < 1.29 is 22.3 Å². The van der Waals surface area contributed by atoms with Crippen LogP contribution in [0.25, 0.3) is 0 Å². The van der Waals surface area contributed by atoms with E-state index in [0.29, 0.717) is 24.9 Å². The summed E-state index contributed by atoms with van der Waals surface area (Å²) in [4.78, 5) is 14.5. The van der Waals surface area contributed by atoms with Crippen LogP contribution >= 0.6 is 0 Å². The summed E-state index contributed by atoms with van der Waals surface area (Å²) in [5.41, 5.74) is 1.24. The summed E-state index contributed by atoms with van der Waals surface area (Å²) >= 11 is 0. The largest absolute Gasteiger partial charge is 0.495 e. The molecule has 0 aromatic heterocycles.